The number of ether oxygens (including phenoxy) is 1. The molecule has 4 aromatic rings. The summed E-state index contributed by atoms with van der Waals surface area (Å²) in [5.41, 5.74) is 3.70. The Balaban J connectivity index is 1.30. The summed E-state index contributed by atoms with van der Waals surface area (Å²) in [7, 11) is 3.65. The molecule has 180 valence electrons. The largest absolute Gasteiger partial charge is 0.497 e. The molecule has 0 spiro atoms. The van der Waals surface area contributed by atoms with Gasteiger partial charge in [0.2, 0.25) is 0 Å². The van der Waals surface area contributed by atoms with Gasteiger partial charge in [-0.1, -0.05) is 60.7 Å². The molecule has 7 heteroatoms. The first kappa shape index (κ1) is 23.5. The Kier molecular flexibility index (Phi) is 7.08. The molecule has 2 heterocycles. The average Bonchev–Trinajstić information content (AvgIpc) is 3.19. The van der Waals surface area contributed by atoms with Crippen molar-refractivity contribution < 1.29 is 4.74 Å². The van der Waals surface area contributed by atoms with Crippen LogP contribution in [0, 0.1) is 4.77 Å². The molecule has 0 radical (unpaired) electrons. The van der Waals surface area contributed by atoms with Crippen molar-refractivity contribution in [3.05, 3.63) is 101 Å². The summed E-state index contributed by atoms with van der Waals surface area (Å²) in [6, 6.07) is 29.8. The highest BCUT2D eigenvalue weighted by Gasteiger charge is 2.26. The van der Waals surface area contributed by atoms with Gasteiger partial charge >= 0.3 is 0 Å². The first-order valence-corrected chi connectivity index (χ1v) is 12.4. The van der Waals surface area contributed by atoms with Crippen molar-refractivity contribution in [2.24, 2.45) is 7.05 Å². The molecule has 5 rings (SSSR count). The quantitative estimate of drug-likeness (QED) is 0.345. The van der Waals surface area contributed by atoms with Crippen LogP contribution in [0.15, 0.2) is 84.9 Å². The third-order valence-corrected chi connectivity index (χ3v) is 7.21. The molecule has 0 unspecified atom stereocenters. The predicted molar refractivity (Wildman–Crippen MR) is 142 cm³/mol. The van der Waals surface area contributed by atoms with Crippen LogP contribution >= 0.6 is 12.2 Å². The molecule has 1 aromatic heterocycles. The number of hydrogen-bond acceptors (Lipinski definition) is 5. The molecule has 35 heavy (non-hydrogen) atoms. The molecular formula is C28H31N5OS. The van der Waals surface area contributed by atoms with Gasteiger partial charge in [-0.15, -0.1) is 0 Å². The van der Waals surface area contributed by atoms with Crippen LogP contribution in [0.3, 0.4) is 0 Å². The summed E-state index contributed by atoms with van der Waals surface area (Å²) in [4.78, 5) is 5.02. The van der Waals surface area contributed by atoms with E-state index in [-0.39, 0.29) is 6.04 Å². The summed E-state index contributed by atoms with van der Waals surface area (Å²) in [5.74, 6) is 1.70. The van der Waals surface area contributed by atoms with E-state index in [4.69, 9.17) is 22.1 Å². The highest BCUT2D eigenvalue weighted by Crippen LogP contribution is 2.29. The first-order valence-electron chi connectivity index (χ1n) is 12.0. The Morgan fingerprint density at radius 3 is 1.94 bits per heavy atom. The Bertz CT molecular complexity index is 1250. The zero-order chi connectivity index (χ0) is 24.2. The van der Waals surface area contributed by atoms with Crippen molar-refractivity contribution in [1.29, 1.82) is 0 Å². The van der Waals surface area contributed by atoms with Crippen LogP contribution in [-0.4, -0.2) is 57.4 Å². The summed E-state index contributed by atoms with van der Waals surface area (Å²) < 4.78 is 9.93. The topological polar surface area (TPSA) is 38.5 Å². The minimum Gasteiger partial charge on any atom is -0.497 e. The van der Waals surface area contributed by atoms with Gasteiger partial charge in [-0.3, -0.25) is 9.80 Å². The van der Waals surface area contributed by atoms with Gasteiger partial charge in [-0.2, -0.15) is 5.10 Å². The molecule has 0 atom stereocenters. The van der Waals surface area contributed by atoms with Gasteiger partial charge in [0.1, 0.15) is 5.75 Å². The zero-order valence-corrected chi connectivity index (χ0v) is 21.1. The minimum absolute atomic E-state index is 0.262. The zero-order valence-electron chi connectivity index (χ0n) is 20.2. The molecule has 0 amide bonds. The van der Waals surface area contributed by atoms with E-state index in [1.54, 1.807) is 7.11 Å². The van der Waals surface area contributed by atoms with Crippen molar-refractivity contribution in [1.82, 2.24) is 24.1 Å². The second kappa shape index (κ2) is 10.6. The molecule has 0 aliphatic carbocycles. The second-order valence-electron chi connectivity index (χ2n) is 8.91. The SMILES string of the molecule is COc1ccc(-c2nn(CN3CCN(C(c4ccccc4)c4ccccc4)CC3)c(=S)n2C)cc1. The van der Waals surface area contributed by atoms with Crippen LogP contribution in [0.4, 0.5) is 0 Å². The van der Waals surface area contributed by atoms with Crippen LogP contribution < -0.4 is 4.74 Å². The molecule has 0 bridgehead atoms. The van der Waals surface area contributed by atoms with E-state index in [9.17, 15) is 0 Å². The second-order valence-corrected chi connectivity index (χ2v) is 9.28. The lowest BCUT2D eigenvalue weighted by Gasteiger charge is -2.39. The number of nitrogens with zero attached hydrogens (tertiary/aromatic N) is 5. The fraction of sp³-hybridized carbons (Fsp3) is 0.286. The minimum atomic E-state index is 0.262. The number of aromatic nitrogens is 3. The fourth-order valence-corrected chi connectivity index (χ4v) is 4.99. The maximum absolute atomic E-state index is 5.73. The van der Waals surface area contributed by atoms with Gasteiger partial charge in [0.25, 0.3) is 0 Å². The van der Waals surface area contributed by atoms with Crippen molar-refractivity contribution in [3.8, 4) is 17.1 Å². The molecule has 3 aromatic carbocycles. The Labute approximate surface area is 212 Å². The molecule has 1 fully saturated rings. The van der Waals surface area contributed by atoms with Crippen molar-refractivity contribution in [3.63, 3.8) is 0 Å². The van der Waals surface area contributed by atoms with E-state index in [2.05, 4.69) is 70.5 Å². The van der Waals surface area contributed by atoms with Gasteiger partial charge < -0.3 is 9.30 Å². The molecule has 6 nitrogen and oxygen atoms in total. The van der Waals surface area contributed by atoms with E-state index in [0.717, 1.165) is 48.1 Å². The third-order valence-electron chi connectivity index (χ3n) is 6.73. The van der Waals surface area contributed by atoms with E-state index >= 15 is 0 Å². The summed E-state index contributed by atoms with van der Waals surface area (Å²) in [6.07, 6.45) is 0. The predicted octanol–water partition coefficient (Wildman–Crippen LogP) is 4.99. The van der Waals surface area contributed by atoms with Crippen molar-refractivity contribution >= 4 is 12.2 Å². The molecule has 1 aliphatic heterocycles. The van der Waals surface area contributed by atoms with Gasteiger partial charge in [0.15, 0.2) is 10.6 Å². The first-order chi connectivity index (χ1) is 17.1. The van der Waals surface area contributed by atoms with Gasteiger partial charge in [0, 0.05) is 38.8 Å². The average molecular weight is 486 g/mol. The molecule has 1 saturated heterocycles. The summed E-state index contributed by atoms with van der Waals surface area (Å²) in [5, 5.41) is 4.86. The number of piperazine rings is 1. The molecular weight excluding hydrogens is 454 g/mol. The van der Waals surface area contributed by atoms with Crippen LogP contribution in [-0.2, 0) is 13.7 Å². The summed E-state index contributed by atoms with van der Waals surface area (Å²) in [6.45, 7) is 4.59. The van der Waals surface area contributed by atoms with Crippen molar-refractivity contribution in [2.45, 2.75) is 12.7 Å². The lowest BCUT2D eigenvalue weighted by Crippen LogP contribution is -2.48. The molecule has 1 aliphatic rings. The number of methoxy groups -OCH3 is 1. The lowest BCUT2D eigenvalue weighted by atomic mass is 9.96. The van der Waals surface area contributed by atoms with Gasteiger partial charge in [-0.05, 0) is 47.6 Å². The number of rotatable bonds is 7. The Morgan fingerprint density at radius 2 is 1.40 bits per heavy atom. The molecule has 0 saturated carbocycles. The monoisotopic (exact) mass is 485 g/mol. The van der Waals surface area contributed by atoms with Crippen LogP contribution in [0.1, 0.15) is 17.2 Å². The smallest absolute Gasteiger partial charge is 0.199 e. The van der Waals surface area contributed by atoms with E-state index in [0.29, 0.717) is 6.67 Å². The Morgan fingerprint density at radius 1 is 0.829 bits per heavy atom. The normalized spacial score (nSPS) is 14.9. The lowest BCUT2D eigenvalue weighted by molar-refractivity contribution is 0.0844. The van der Waals surface area contributed by atoms with Crippen LogP contribution in [0.5, 0.6) is 5.75 Å². The van der Waals surface area contributed by atoms with E-state index in [1.807, 2.05) is 40.6 Å². The fourth-order valence-electron chi connectivity index (χ4n) is 4.81. The van der Waals surface area contributed by atoms with E-state index in [1.165, 1.54) is 11.1 Å². The highest BCUT2D eigenvalue weighted by molar-refractivity contribution is 7.71. The van der Waals surface area contributed by atoms with Crippen molar-refractivity contribution in [2.75, 3.05) is 33.3 Å². The van der Waals surface area contributed by atoms with Crippen LogP contribution in [0.25, 0.3) is 11.4 Å². The van der Waals surface area contributed by atoms with Gasteiger partial charge in [-0.25, -0.2) is 4.68 Å². The van der Waals surface area contributed by atoms with Gasteiger partial charge in [0.05, 0.1) is 19.8 Å². The Hall–Kier alpha value is -3.26. The highest BCUT2D eigenvalue weighted by atomic mass is 32.1. The maximum Gasteiger partial charge on any atom is 0.199 e. The molecule has 0 N–H and O–H groups in total. The standard InChI is InChI=1S/C28H31N5OS/c1-30-27(24-13-15-25(34-2)16-14-24)29-33(28(30)35)21-31-17-19-32(20-18-31)26(22-9-5-3-6-10-22)23-11-7-4-8-12-23/h3-16,26H,17-21H2,1-2H3. The van der Waals surface area contributed by atoms with E-state index < -0.39 is 0 Å². The number of benzene rings is 3. The maximum atomic E-state index is 5.73. The summed E-state index contributed by atoms with van der Waals surface area (Å²) >= 11 is 5.73. The van der Waals surface area contributed by atoms with Crippen LogP contribution in [0.2, 0.25) is 0 Å². The number of hydrogen-bond donors (Lipinski definition) is 0. The third kappa shape index (κ3) is 5.07.